The zero-order valence-corrected chi connectivity index (χ0v) is 7.84. The van der Waals surface area contributed by atoms with Crippen molar-refractivity contribution < 1.29 is 4.74 Å². The molecule has 1 saturated carbocycles. The van der Waals surface area contributed by atoms with Crippen LogP contribution < -0.4 is 0 Å². The SMILES string of the molecule is COC[C@H]1CC[C@H](N(C)C)C1. The van der Waals surface area contributed by atoms with Crippen molar-refractivity contribution in [1.29, 1.82) is 0 Å². The Balaban J connectivity index is 2.23. The van der Waals surface area contributed by atoms with Crippen LogP contribution in [0.2, 0.25) is 0 Å². The first-order valence-corrected chi connectivity index (χ1v) is 4.39. The van der Waals surface area contributed by atoms with Crippen molar-refractivity contribution in [2.45, 2.75) is 25.3 Å². The van der Waals surface area contributed by atoms with Gasteiger partial charge in [-0.3, -0.25) is 0 Å². The first-order valence-electron chi connectivity index (χ1n) is 4.39. The van der Waals surface area contributed by atoms with Gasteiger partial charge in [-0.25, -0.2) is 0 Å². The molecule has 0 heterocycles. The molecule has 1 aliphatic rings. The summed E-state index contributed by atoms with van der Waals surface area (Å²) in [5, 5.41) is 0. The highest BCUT2D eigenvalue weighted by Gasteiger charge is 2.25. The zero-order chi connectivity index (χ0) is 8.27. The Morgan fingerprint density at radius 2 is 2.09 bits per heavy atom. The molecule has 1 aliphatic carbocycles. The molecule has 0 aromatic rings. The van der Waals surface area contributed by atoms with Crippen LogP contribution in [0.5, 0.6) is 0 Å². The number of rotatable bonds is 3. The number of hydrogen-bond donors (Lipinski definition) is 0. The second-order valence-electron chi connectivity index (χ2n) is 3.75. The molecule has 0 aromatic heterocycles. The quantitative estimate of drug-likeness (QED) is 0.613. The third-order valence-electron chi connectivity index (χ3n) is 2.65. The number of ether oxygens (including phenoxy) is 1. The molecule has 2 atom stereocenters. The van der Waals surface area contributed by atoms with Crippen LogP contribution in [0.25, 0.3) is 0 Å². The molecule has 2 nitrogen and oxygen atoms in total. The number of nitrogens with zero attached hydrogens (tertiary/aromatic N) is 1. The highest BCUT2D eigenvalue weighted by atomic mass is 16.5. The fraction of sp³-hybridized carbons (Fsp3) is 1.00. The Hall–Kier alpha value is -0.0800. The van der Waals surface area contributed by atoms with Gasteiger partial charge in [-0.05, 0) is 39.3 Å². The number of methoxy groups -OCH3 is 1. The lowest BCUT2D eigenvalue weighted by atomic mass is 10.1. The van der Waals surface area contributed by atoms with Crippen molar-refractivity contribution in [2.75, 3.05) is 27.8 Å². The van der Waals surface area contributed by atoms with Gasteiger partial charge >= 0.3 is 0 Å². The van der Waals surface area contributed by atoms with Gasteiger partial charge in [-0.1, -0.05) is 0 Å². The summed E-state index contributed by atoms with van der Waals surface area (Å²) in [5.74, 6) is 0.812. The van der Waals surface area contributed by atoms with Crippen LogP contribution in [0.15, 0.2) is 0 Å². The van der Waals surface area contributed by atoms with Gasteiger partial charge in [0.15, 0.2) is 0 Å². The molecule has 66 valence electrons. The molecular weight excluding hydrogens is 138 g/mol. The Kier molecular flexibility index (Phi) is 3.34. The molecule has 0 radical (unpaired) electrons. The highest BCUT2D eigenvalue weighted by Crippen LogP contribution is 2.27. The Bertz CT molecular complexity index is 114. The van der Waals surface area contributed by atoms with Crippen molar-refractivity contribution in [3.8, 4) is 0 Å². The summed E-state index contributed by atoms with van der Waals surface area (Å²) in [4.78, 5) is 2.33. The minimum Gasteiger partial charge on any atom is -0.384 e. The topological polar surface area (TPSA) is 12.5 Å². The third-order valence-corrected chi connectivity index (χ3v) is 2.65. The molecule has 0 bridgehead atoms. The van der Waals surface area contributed by atoms with Crippen LogP contribution in [0.4, 0.5) is 0 Å². The second-order valence-corrected chi connectivity index (χ2v) is 3.75. The van der Waals surface area contributed by atoms with E-state index in [1.165, 1.54) is 19.3 Å². The van der Waals surface area contributed by atoms with E-state index in [4.69, 9.17) is 4.74 Å². The van der Waals surface area contributed by atoms with Crippen molar-refractivity contribution in [3.63, 3.8) is 0 Å². The van der Waals surface area contributed by atoms with E-state index in [2.05, 4.69) is 19.0 Å². The zero-order valence-electron chi connectivity index (χ0n) is 7.84. The summed E-state index contributed by atoms with van der Waals surface area (Å²) in [6.07, 6.45) is 4.01. The van der Waals surface area contributed by atoms with Gasteiger partial charge in [0, 0.05) is 19.8 Å². The molecule has 1 fully saturated rings. The lowest BCUT2D eigenvalue weighted by Crippen LogP contribution is -2.25. The molecule has 11 heavy (non-hydrogen) atoms. The number of hydrogen-bond acceptors (Lipinski definition) is 2. The van der Waals surface area contributed by atoms with Crippen LogP contribution in [0.3, 0.4) is 0 Å². The standard InChI is InChI=1S/C9H19NO/c1-10(2)9-5-4-8(6-9)7-11-3/h8-9H,4-7H2,1-3H3/t8-,9-/m0/s1. The second kappa shape index (κ2) is 4.07. The van der Waals surface area contributed by atoms with Gasteiger partial charge in [0.05, 0.1) is 0 Å². The first kappa shape index (κ1) is 9.01. The van der Waals surface area contributed by atoms with Gasteiger partial charge in [-0.15, -0.1) is 0 Å². The van der Waals surface area contributed by atoms with E-state index in [0.717, 1.165) is 18.6 Å². The van der Waals surface area contributed by atoms with Crippen molar-refractivity contribution in [1.82, 2.24) is 4.90 Å². The largest absolute Gasteiger partial charge is 0.384 e. The van der Waals surface area contributed by atoms with E-state index in [1.54, 1.807) is 7.11 Å². The minimum atomic E-state index is 0.801. The van der Waals surface area contributed by atoms with E-state index in [1.807, 2.05) is 0 Å². The van der Waals surface area contributed by atoms with E-state index < -0.39 is 0 Å². The Morgan fingerprint density at radius 3 is 2.55 bits per heavy atom. The van der Waals surface area contributed by atoms with Gasteiger partial charge in [0.25, 0.3) is 0 Å². The first-order chi connectivity index (χ1) is 5.24. The molecule has 0 spiro atoms. The molecule has 0 aromatic carbocycles. The lowest BCUT2D eigenvalue weighted by molar-refractivity contribution is 0.150. The monoisotopic (exact) mass is 157 g/mol. The minimum absolute atomic E-state index is 0.801. The summed E-state index contributed by atoms with van der Waals surface area (Å²) >= 11 is 0. The average Bonchev–Trinajstić information content (AvgIpc) is 2.37. The van der Waals surface area contributed by atoms with E-state index >= 15 is 0 Å². The maximum atomic E-state index is 5.14. The summed E-state index contributed by atoms with van der Waals surface area (Å²) < 4.78 is 5.14. The summed E-state index contributed by atoms with van der Waals surface area (Å²) in [5.41, 5.74) is 0. The van der Waals surface area contributed by atoms with Crippen molar-refractivity contribution >= 4 is 0 Å². The molecule has 0 saturated heterocycles. The molecule has 0 unspecified atom stereocenters. The van der Waals surface area contributed by atoms with Crippen LogP contribution in [-0.2, 0) is 4.74 Å². The van der Waals surface area contributed by atoms with Crippen molar-refractivity contribution in [3.05, 3.63) is 0 Å². The normalized spacial score (nSPS) is 31.6. The van der Waals surface area contributed by atoms with Crippen LogP contribution in [0, 0.1) is 5.92 Å². The third kappa shape index (κ3) is 2.46. The lowest BCUT2D eigenvalue weighted by Gasteiger charge is -2.18. The van der Waals surface area contributed by atoms with Crippen LogP contribution >= 0.6 is 0 Å². The predicted octanol–water partition coefficient (Wildman–Crippen LogP) is 1.36. The van der Waals surface area contributed by atoms with E-state index in [-0.39, 0.29) is 0 Å². The van der Waals surface area contributed by atoms with Gasteiger partial charge < -0.3 is 9.64 Å². The highest BCUT2D eigenvalue weighted by molar-refractivity contribution is 4.79. The van der Waals surface area contributed by atoms with Crippen molar-refractivity contribution in [2.24, 2.45) is 5.92 Å². The summed E-state index contributed by atoms with van der Waals surface area (Å²) in [7, 11) is 6.13. The maximum absolute atomic E-state index is 5.14. The molecule has 0 N–H and O–H groups in total. The fourth-order valence-corrected chi connectivity index (χ4v) is 1.90. The molecule has 0 amide bonds. The smallest absolute Gasteiger partial charge is 0.0491 e. The Labute approximate surface area is 69.5 Å². The van der Waals surface area contributed by atoms with Gasteiger partial charge in [-0.2, -0.15) is 0 Å². The maximum Gasteiger partial charge on any atom is 0.0491 e. The molecule has 2 heteroatoms. The average molecular weight is 157 g/mol. The predicted molar refractivity (Wildman–Crippen MR) is 46.7 cm³/mol. The van der Waals surface area contributed by atoms with Gasteiger partial charge in [0.1, 0.15) is 0 Å². The summed E-state index contributed by atoms with van der Waals surface area (Å²) in [6, 6.07) is 0.801. The Morgan fingerprint density at radius 1 is 1.36 bits per heavy atom. The molecule has 0 aliphatic heterocycles. The fourth-order valence-electron chi connectivity index (χ4n) is 1.90. The molecule has 1 rings (SSSR count). The van der Waals surface area contributed by atoms with Crippen LogP contribution in [0.1, 0.15) is 19.3 Å². The summed E-state index contributed by atoms with van der Waals surface area (Å²) in [6.45, 7) is 0.949. The van der Waals surface area contributed by atoms with E-state index in [0.29, 0.717) is 0 Å². The van der Waals surface area contributed by atoms with Gasteiger partial charge in [0.2, 0.25) is 0 Å². The molecular formula is C9H19NO. The van der Waals surface area contributed by atoms with E-state index in [9.17, 15) is 0 Å². The van der Waals surface area contributed by atoms with Crippen LogP contribution in [-0.4, -0.2) is 38.8 Å².